The van der Waals surface area contributed by atoms with Gasteiger partial charge in [0.05, 0.1) is 9.90 Å². The number of halogens is 2. The van der Waals surface area contributed by atoms with Crippen molar-refractivity contribution in [3.8, 4) is 0 Å². The van der Waals surface area contributed by atoms with Gasteiger partial charge in [0.15, 0.2) is 5.78 Å². The summed E-state index contributed by atoms with van der Waals surface area (Å²) in [6, 6.07) is 6.57. The summed E-state index contributed by atoms with van der Waals surface area (Å²) in [6.45, 7) is 0. The second-order valence-electron chi connectivity index (χ2n) is 5.11. The molecule has 0 amide bonds. The predicted octanol–water partition coefficient (Wildman–Crippen LogP) is 4.84. The molecule has 0 bridgehead atoms. The molecule has 4 heteroatoms. The van der Waals surface area contributed by atoms with E-state index >= 15 is 0 Å². The van der Waals surface area contributed by atoms with E-state index in [0.29, 0.717) is 5.56 Å². The minimum atomic E-state index is -0.470. The van der Waals surface area contributed by atoms with Gasteiger partial charge in [-0.15, -0.1) is 11.3 Å². The van der Waals surface area contributed by atoms with E-state index in [0.717, 1.165) is 17.7 Å². The monoisotopic (exact) mass is 308 g/mol. The maximum Gasteiger partial charge on any atom is 0.177 e. The fourth-order valence-electron chi connectivity index (χ4n) is 2.55. The van der Waals surface area contributed by atoms with Crippen LogP contribution in [0.5, 0.6) is 0 Å². The number of aryl methyl sites for hydroxylation is 2. The molecule has 0 aliphatic heterocycles. The molecule has 1 aromatic carbocycles. The van der Waals surface area contributed by atoms with Crippen LogP contribution in [0.1, 0.15) is 38.5 Å². The van der Waals surface area contributed by atoms with Gasteiger partial charge in [-0.05, 0) is 55.0 Å². The first-order chi connectivity index (χ1) is 9.63. The Hall–Kier alpha value is -1.19. The molecule has 20 heavy (non-hydrogen) atoms. The summed E-state index contributed by atoms with van der Waals surface area (Å²) >= 11 is 7.25. The summed E-state index contributed by atoms with van der Waals surface area (Å²) in [5.74, 6) is -0.409. The molecule has 104 valence electrons. The first-order valence-electron chi connectivity index (χ1n) is 6.72. The third-order valence-corrected chi connectivity index (χ3v) is 5.20. The van der Waals surface area contributed by atoms with Crippen LogP contribution in [0.15, 0.2) is 24.3 Å². The fourth-order valence-corrected chi connectivity index (χ4v) is 3.86. The van der Waals surface area contributed by atoms with Crippen molar-refractivity contribution < 1.29 is 9.18 Å². The highest BCUT2D eigenvalue weighted by Crippen LogP contribution is 2.30. The van der Waals surface area contributed by atoms with Crippen LogP contribution in [-0.2, 0) is 19.3 Å². The largest absolute Gasteiger partial charge is 0.293 e. The van der Waals surface area contributed by atoms with E-state index in [9.17, 15) is 9.18 Å². The van der Waals surface area contributed by atoms with Crippen molar-refractivity contribution in [3.05, 3.63) is 56.0 Å². The Morgan fingerprint density at radius 2 is 2.05 bits per heavy atom. The predicted molar refractivity (Wildman–Crippen MR) is 80.4 cm³/mol. The van der Waals surface area contributed by atoms with Crippen molar-refractivity contribution in [2.24, 2.45) is 0 Å². The Labute approximate surface area is 126 Å². The summed E-state index contributed by atoms with van der Waals surface area (Å²) in [4.78, 5) is 14.4. The SMILES string of the molecule is O=C(Cc1ccc(Cl)c(F)c1)c1cc2c(s1)CCCC2. The Balaban J connectivity index is 1.78. The minimum absolute atomic E-state index is 0.0612. The van der Waals surface area contributed by atoms with Crippen LogP contribution in [-0.4, -0.2) is 5.78 Å². The van der Waals surface area contributed by atoms with Crippen LogP contribution >= 0.6 is 22.9 Å². The molecule has 2 aromatic rings. The molecule has 0 fully saturated rings. The van der Waals surface area contributed by atoms with E-state index in [1.807, 2.05) is 6.07 Å². The molecule has 0 radical (unpaired) electrons. The van der Waals surface area contributed by atoms with Gasteiger partial charge in [-0.3, -0.25) is 4.79 Å². The Morgan fingerprint density at radius 1 is 1.25 bits per heavy atom. The molecule has 1 nitrogen and oxygen atoms in total. The second kappa shape index (κ2) is 5.66. The number of fused-ring (bicyclic) bond motifs is 1. The smallest absolute Gasteiger partial charge is 0.177 e. The zero-order chi connectivity index (χ0) is 14.1. The third-order valence-electron chi connectivity index (χ3n) is 3.62. The molecule has 0 unspecified atom stereocenters. The number of thiophene rings is 1. The highest BCUT2D eigenvalue weighted by atomic mass is 35.5. The minimum Gasteiger partial charge on any atom is -0.293 e. The first kappa shape index (κ1) is 13.8. The number of Topliss-reactive ketones (excluding diaryl/α,β-unsaturated/α-hetero) is 1. The standard InChI is InChI=1S/C16H14ClFOS/c17-12-6-5-10(7-13(12)18)8-14(19)16-9-11-3-1-2-4-15(11)20-16/h5-7,9H,1-4,8H2. The molecule has 1 heterocycles. The number of ketones is 1. The van der Waals surface area contributed by atoms with E-state index in [1.54, 1.807) is 17.4 Å². The van der Waals surface area contributed by atoms with Gasteiger partial charge in [0.2, 0.25) is 0 Å². The van der Waals surface area contributed by atoms with E-state index in [2.05, 4.69) is 0 Å². The summed E-state index contributed by atoms with van der Waals surface area (Å²) < 4.78 is 13.4. The van der Waals surface area contributed by atoms with Gasteiger partial charge in [0.25, 0.3) is 0 Å². The molecular weight excluding hydrogens is 295 g/mol. The van der Waals surface area contributed by atoms with Crippen molar-refractivity contribution in [3.63, 3.8) is 0 Å². The van der Waals surface area contributed by atoms with Crippen molar-refractivity contribution in [1.29, 1.82) is 0 Å². The van der Waals surface area contributed by atoms with Crippen molar-refractivity contribution >= 4 is 28.7 Å². The molecule has 0 N–H and O–H groups in total. The van der Waals surface area contributed by atoms with Gasteiger partial charge in [-0.2, -0.15) is 0 Å². The van der Waals surface area contributed by atoms with Gasteiger partial charge in [-0.25, -0.2) is 4.39 Å². The average Bonchev–Trinajstić information content (AvgIpc) is 2.87. The molecule has 0 atom stereocenters. The third kappa shape index (κ3) is 2.79. The van der Waals surface area contributed by atoms with E-state index in [4.69, 9.17) is 11.6 Å². The van der Waals surface area contributed by atoms with Crippen LogP contribution < -0.4 is 0 Å². The van der Waals surface area contributed by atoms with Gasteiger partial charge < -0.3 is 0 Å². The molecule has 1 aromatic heterocycles. The fraction of sp³-hybridized carbons (Fsp3) is 0.312. The molecule has 1 aliphatic carbocycles. The normalized spacial score (nSPS) is 14.1. The van der Waals surface area contributed by atoms with Gasteiger partial charge >= 0.3 is 0 Å². The lowest BCUT2D eigenvalue weighted by molar-refractivity contribution is 0.0996. The van der Waals surface area contributed by atoms with E-state index < -0.39 is 5.82 Å². The molecule has 0 saturated heterocycles. The number of benzene rings is 1. The van der Waals surface area contributed by atoms with Crippen molar-refractivity contribution in [2.45, 2.75) is 32.1 Å². The van der Waals surface area contributed by atoms with Crippen molar-refractivity contribution in [2.75, 3.05) is 0 Å². The highest BCUT2D eigenvalue weighted by Gasteiger charge is 2.17. The second-order valence-corrected chi connectivity index (χ2v) is 6.66. The van der Waals surface area contributed by atoms with Crippen LogP contribution in [0.4, 0.5) is 4.39 Å². The number of hydrogen-bond donors (Lipinski definition) is 0. The van der Waals surface area contributed by atoms with Crippen LogP contribution in [0.2, 0.25) is 5.02 Å². The molecule has 1 aliphatic rings. The van der Waals surface area contributed by atoms with Crippen LogP contribution in [0.25, 0.3) is 0 Å². The number of rotatable bonds is 3. The first-order valence-corrected chi connectivity index (χ1v) is 7.91. The lowest BCUT2D eigenvalue weighted by Crippen LogP contribution is -2.01. The zero-order valence-corrected chi connectivity index (χ0v) is 12.5. The lowest BCUT2D eigenvalue weighted by Gasteiger charge is -2.08. The van der Waals surface area contributed by atoms with Crippen molar-refractivity contribution in [1.82, 2.24) is 0 Å². The van der Waals surface area contributed by atoms with Crippen LogP contribution in [0.3, 0.4) is 0 Å². The maximum atomic E-state index is 13.4. The molecule has 0 saturated carbocycles. The van der Waals surface area contributed by atoms with E-state index in [1.165, 1.54) is 35.4 Å². The molecular formula is C16H14ClFOS. The van der Waals surface area contributed by atoms with Gasteiger partial charge in [-0.1, -0.05) is 17.7 Å². The quantitative estimate of drug-likeness (QED) is 0.741. The van der Waals surface area contributed by atoms with Gasteiger partial charge in [0, 0.05) is 11.3 Å². The number of carbonyl (C=O) groups excluding carboxylic acids is 1. The highest BCUT2D eigenvalue weighted by molar-refractivity contribution is 7.14. The molecule has 0 spiro atoms. The average molecular weight is 309 g/mol. The summed E-state index contributed by atoms with van der Waals surface area (Å²) in [5, 5.41) is 0.0905. The Kier molecular flexibility index (Phi) is 3.90. The van der Waals surface area contributed by atoms with Gasteiger partial charge in [0.1, 0.15) is 5.82 Å². The zero-order valence-electron chi connectivity index (χ0n) is 10.9. The summed E-state index contributed by atoms with van der Waals surface area (Å²) in [6.07, 6.45) is 4.81. The summed E-state index contributed by atoms with van der Waals surface area (Å²) in [7, 11) is 0. The number of carbonyl (C=O) groups is 1. The number of hydrogen-bond acceptors (Lipinski definition) is 2. The molecule has 3 rings (SSSR count). The van der Waals surface area contributed by atoms with Crippen LogP contribution in [0, 0.1) is 5.82 Å². The Bertz CT molecular complexity index is 639. The van der Waals surface area contributed by atoms with E-state index in [-0.39, 0.29) is 17.2 Å². The topological polar surface area (TPSA) is 17.1 Å². The lowest BCUT2D eigenvalue weighted by atomic mass is 9.98. The maximum absolute atomic E-state index is 13.4. The Morgan fingerprint density at radius 3 is 2.80 bits per heavy atom. The summed E-state index contributed by atoms with van der Waals surface area (Å²) in [5.41, 5.74) is 2.00.